The maximum Gasteiger partial charge on any atom is 0.162 e. The van der Waals surface area contributed by atoms with E-state index in [1.54, 1.807) is 32.2 Å². The molecule has 0 spiro atoms. The molecule has 1 aliphatic carbocycles. The Bertz CT molecular complexity index is 445. The van der Waals surface area contributed by atoms with E-state index in [9.17, 15) is 4.79 Å². The summed E-state index contributed by atoms with van der Waals surface area (Å²) in [5, 5.41) is 0. The highest BCUT2D eigenvalue weighted by Crippen LogP contribution is 2.38. The molecule has 3 nitrogen and oxygen atoms in total. The number of ether oxygens (including phenoxy) is 2. The largest absolute Gasteiger partial charge is 0.493 e. The van der Waals surface area contributed by atoms with Gasteiger partial charge in [-0.3, -0.25) is 4.79 Å². The van der Waals surface area contributed by atoms with Gasteiger partial charge in [-0.05, 0) is 57.7 Å². The van der Waals surface area contributed by atoms with Gasteiger partial charge in [0.1, 0.15) is 5.60 Å². The van der Waals surface area contributed by atoms with Gasteiger partial charge in [-0.2, -0.15) is 0 Å². The number of carbonyl (C=O) groups excluding carboxylic acids is 1. The van der Waals surface area contributed by atoms with E-state index in [1.165, 1.54) is 12.8 Å². The van der Waals surface area contributed by atoms with Crippen LogP contribution in [0.4, 0.5) is 0 Å². The molecule has 2 rings (SSSR count). The number of carbonyl (C=O) groups is 1. The molecule has 0 heterocycles. The van der Waals surface area contributed by atoms with Crippen LogP contribution in [0.5, 0.6) is 11.5 Å². The molecule has 18 heavy (non-hydrogen) atoms. The second kappa shape index (κ2) is 5.01. The van der Waals surface area contributed by atoms with Gasteiger partial charge in [0.2, 0.25) is 0 Å². The van der Waals surface area contributed by atoms with Crippen LogP contribution in [0.2, 0.25) is 0 Å². The smallest absolute Gasteiger partial charge is 0.162 e. The highest BCUT2D eigenvalue weighted by atomic mass is 16.5. The first-order valence-corrected chi connectivity index (χ1v) is 6.42. The first-order chi connectivity index (χ1) is 8.54. The summed E-state index contributed by atoms with van der Waals surface area (Å²) < 4.78 is 11.4. The fraction of sp³-hybridized carbons (Fsp3) is 0.533. The fourth-order valence-corrected chi connectivity index (χ4v) is 2.47. The first kappa shape index (κ1) is 12.9. The van der Waals surface area contributed by atoms with Crippen LogP contribution in [0.15, 0.2) is 18.2 Å². The van der Waals surface area contributed by atoms with Gasteiger partial charge in [0.05, 0.1) is 7.11 Å². The van der Waals surface area contributed by atoms with Crippen molar-refractivity contribution in [3.05, 3.63) is 23.8 Å². The Morgan fingerprint density at radius 1 is 1.22 bits per heavy atom. The van der Waals surface area contributed by atoms with Crippen LogP contribution in [-0.2, 0) is 0 Å². The van der Waals surface area contributed by atoms with Crippen molar-refractivity contribution in [1.82, 2.24) is 0 Å². The molecule has 0 amide bonds. The Labute approximate surface area is 108 Å². The second-order valence-electron chi connectivity index (χ2n) is 5.18. The van der Waals surface area contributed by atoms with Crippen molar-refractivity contribution in [2.45, 2.75) is 45.1 Å². The summed E-state index contributed by atoms with van der Waals surface area (Å²) in [6.45, 7) is 3.68. The minimum absolute atomic E-state index is 0.0408. The number of methoxy groups -OCH3 is 1. The number of rotatable bonds is 4. The van der Waals surface area contributed by atoms with Crippen LogP contribution < -0.4 is 9.47 Å². The van der Waals surface area contributed by atoms with Crippen molar-refractivity contribution in [3.63, 3.8) is 0 Å². The van der Waals surface area contributed by atoms with E-state index in [0.717, 1.165) is 12.8 Å². The van der Waals surface area contributed by atoms with Crippen LogP contribution in [0, 0.1) is 0 Å². The molecule has 0 atom stereocenters. The van der Waals surface area contributed by atoms with Gasteiger partial charge in [0.25, 0.3) is 0 Å². The molecule has 98 valence electrons. The molecular formula is C15H20O3. The van der Waals surface area contributed by atoms with Crippen molar-refractivity contribution >= 4 is 5.78 Å². The second-order valence-corrected chi connectivity index (χ2v) is 5.18. The number of Topliss-reactive ketones (excluding diaryl/α,β-unsaturated/α-hetero) is 1. The van der Waals surface area contributed by atoms with Gasteiger partial charge in [-0.1, -0.05) is 0 Å². The van der Waals surface area contributed by atoms with Crippen molar-refractivity contribution in [2.24, 2.45) is 0 Å². The standard InChI is InChI=1S/C15H20O3/c1-11(16)12-6-7-13(17-3)14(10-12)18-15(2)8-4-5-9-15/h6-7,10H,4-5,8-9H2,1-3H3. The lowest BCUT2D eigenvalue weighted by Crippen LogP contribution is -2.28. The van der Waals surface area contributed by atoms with Gasteiger partial charge in [-0.15, -0.1) is 0 Å². The molecule has 3 heteroatoms. The topological polar surface area (TPSA) is 35.5 Å². The van der Waals surface area contributed by atoms with Gasteiger partial charge in [0.15, 0.2) is 17.3 Å². The molecule has 1 aliphatic rings. The summed E-state index contributed by atoms with van der Waals surface area (Å²) >= 11 is 0. The number of hydrogen-bond donors (Lipinski definition) is 0. The molecule has 0 saturated heterocycles. The molecule has 0 aromatic heterocycles. The van der Waals surface area contributed by atoms with Gasteiger partial charge >= 0.3 is 0 Å². The predicted octanol–water partition coefficient (Wildman–Crippen LogP) is 3.61. The van der Waals surface area contributed by atoms with Crippen molar-refractivity contribution in [1.29, 1.82) is 0 Å². The first-order valence-electron chi connectivity index (χ1n) is 6.42. The van der Waals surface area contributed by atoms with E-state index in [0.29, 0.717) is 17.1 Å². The third-order valence-corrected chi connectivity index (χ3v) is 3.59. The molecular weight excluding hydrogens is 228 g/mol. The molecule has 0 unspecified atom stereocenters. The van der Waals surface area contributed by atoms with Crippen molar-refractivity contribution in [2.75, 3.05) is 7.11 Å². The Kier molecular flexibility index (Phi) is 3.60. The third-order valence-electron chi connectivity index (χ3n) is 3.59. The minimum Gasteiger partial charge on any atom is -0.493 e. The Morgan fingerprint density at radius 2 is 1.89 bits per heavy atom. The molecule has 1 saturated carbocycles. The van der Waals surface area contributed by atoms with E-state index in [2.05, 4.69) is 6.92 Å². The third kappa shape index (κ3) is 2.66. The SMILES string of the molecule is COc1ccc(C(C)=O)cc1OC1(C)CCCC1. The van der Waals surface area contributed by atoms with E-state index in [1.807, 2.05) is 0 Å². The van der Waals surface area contributed by atoms with Crippen molar-refractivity contribution in [3.8, 4) is 11.5 Å². The molecule has 1 aromatic rings. The highest BCUT2D eigenvalue weighted by Gasteiger charge is 2.31. The number of benzene rings is 1. The molecule has 1 fully saturated rings. The van der Waals surface area contributed by atoms with Crippen LogP contribution in [-0.4, -0.2) is 18.5 Å². The summed E-state index contributed by atoms with van der Waals surface area (Å²) in [6.07, 6.45) is 4.51. The Hall–Kier alpha value is -1.51. The summed E-state index contributed by atoms with van der Waals surface area (Å²) in [4.78, 5) is 11.4. The number of ketones is 1. The average molecular weight is 248 g/mol. The number of hydrogen-bond acceptors (Lipinski definition) is 3. The van der Waals surface area contributed by atoms with E-state index in [4.69, 9.17) is 9.47 Å². The van der Waals surface area contributed by atoms with E-state index < -0.39 is 0 Å². The zero-order valence-corrected chi connectivity index (χ0v) is 11.3. The normalized spacial score (nSPS) is 17.5. The van der Waals surface area contributed by atoms with E-state index in [-0.39, 0.29) is 11.4 Å². The molecule has 0 aliphatic heterocycles. The van der Waals surface area contributed by atoms with Gasteiger partial charge < -0.3 is 9.47 Å². The van der Waals surface area contributed by atoms with Crippen LogP contribution in [0.1, 0.15) is 49.9 Å². The zero-order valence-electron chi connectivity index (χ0n) is 11.3. The van der Waals surface area contributed by atoms with Gasteiger partial charge in [-0.25, -0.2) is 0 Å². The fourth-order valence-electron chi connectivity index (χ4n) is 2.47. The molecule has 0 bridgehead atoms. The minimum atomic E-state index is -0.122. The van der Waals surface area contributed by atoms with Crippen LogP contribution >= 0.6 is 0 Å². The lowest BCUT2D eigenvalue weighted by molar-refractivity contribution is 0.0916. The van der Waals surface area contributed by atoms with Crippen LogP contribution in [0.3, 0.4) is 0 Å². The lowest BCUT2D eigenvalue weighted by atomic mass is 10.1. The summed E-state index contributed by atoms with van der Waals surface area (Å²) in [7, 11) is 1.62. The summed E-state index contributed by atoms with van der Waals surface area (Å²) in [5.41, 5.74) is 0.537. The molecule has 1 aromatic carbocycles. The summed E-state index contributed by atoms with van der Waals surface area (Å²) in [6, 6.07) is 5.35. The highest BCUT2D eigenvalue weighted by molar-refractivity contribution is 5.94. The van der Waals surface area contributed by atoms with Gasteiger partial charge in [0, 0.05) is 5.56 Å². The lowest BCUT2D eigenvalue weighted by Gasteiger charge is -2.26. The summed E-state index contributed by atoms with van der Waals surface area (Å²) in [5.74, 6) is 1.40. The Morgan fingerprint density at radius 3 is 2.44 bits per heavy atom. The zero-order chi connectivity index (χ0) is 13.2. The van der Waals surface area contributed by atoms with E-state index >= 15 is 0 Å². The maximum absolute atomic E-state index is 11.4. The van der Waals surface area contributed by atoms with Crippen molar-refractivity contribution < 1.29 is 14.3 Å². The van der Waals surface area contributed by atoms with Crippen LogP contribution in [0.25, 0.3) is 0 Å². The predicted molar refractivity (Wildman–Crippen MR) is 70.5 cm³/mol. The molecule has 0 N–H and O–H groups in total. The Balaban J connectivity index is 2.29. The quantitative estimate of drug-likeness (QED) is 0.763. The maximum atomic E-state index is 11.4. The monoisotopic (exact) mass is 248 g/mol. The molecule has 0 radical (unpaired) electrons. The average Bonchev–Trinajstić information content (AvgIpc) is 2.75.